The Morgan fingerprint density at radius 2 is 1.04 bits per heavy atom. The van der Waals surface area contributed by atoms with Crippen LogP contribution in [0.5, 0.6) is 0 Å². The average molecular weight is 356 g/mol. The van der Waals surface area contributed by atoms with Crippen LogP contribution in [0.15, 0.2) is 0 Å². The fourth-order valence-electron chi connectivity index (χ4n) is 1.62. The second-order valence-electron chi connectivity index (χ2n) is 6.93. The van der Waals surface area contributed by atoms with Gasteiger partial charge in [0.2, 0.25) is 0 Å². The van der Waals surface area contributed by atoms with Crippen molar-refractivity contribution in [1.82, 2.24) is 0 Å². The summed E-state index contributed by atoms with van der Waals surface area (Å²) in [6, 6.07) is 0. The van der Waals surface area contributed by atoms with Crippen molar-refractivity contribution in [3.8, 4) is 0 Å². The van der Waals surface area contributed by atoms with E-state index in [1.54, 1.807) is 6.92 Å². The Hall–Kier alpha value is -0.570. The molecule has 0 spiro atoms. The smallest absolute Gasteiger partial charge is 0.363 e. The Morgan fingerprint density at radius 1 is 0.652 bits per heavy atom. The molecule has 0 saturated carbocycles. The van der Waals surface area contributed by atoms with Gasteiger partial charge in [-0.15, -0.1) is 0 Å². The van der Waals surface area contributed by atoms with E-state index in [2.05, 4.69) is 4.74 Å². The van der Waals surface area contributed by atoms with Gasteiger partial charge >= 0.3 is 18.2 Å². The van der Waals surface area contributed by atoms with Crippen LogP contribution in [-0.4, -0.2) is 35.0 Å². The van der Waals surface area contributed by atoms with Gasteiger partial charge in [0.1, 0.15) is 5.60 Å². The minimum absolute atomic E-state index is 0.229. The van der Waals surface area contributed by atoms with Gasteiger partial charge in [0.05, 0.1) is 5.60 Å². The number of alkyl halides is 7. The summed E-state index contributed by atoms with van der Waals surface area (Å²) < 4.78 is 103. The van der Waals surface area contributed by atoms with Gasteiger partial charge in [-0.3, -0.25) is 4.74 Å². The maximum absolute atomic E-state index is 14.2. The van der Waals surface area contributed by atoms with E-state index in [9.17, 15) is 30.7 Å². The van der Waals surface area contributed by atoms with Crippen LogP contribution in [0.25, 0.3) is 0 Å². The Morgan fingerprint density at radius 3 is 1.35 bits per heavy atom. The fraction of sp³-hybridized carbons (Fsp3) is 1.00. The lowest BCUT2D eigenvalue weighted by Crippen LogP contribution is -2.63. The van der Waals surface area contributed by atoms with E-state index < -0.39 is 35.0 Å². The molecule has 9 heteroatoms. The third kappa shape index (κ3) is 4.71. The molecule has 0 aliphatic heterocycles. The number of hydrogen-bond acceptors (Lipinski definition) is 2. The first-order valence-corrected chi connectivity index (χ1v) is 6.95. The SMILES string of the molecule is CCC(C)(C)OC(C)(C)C(F)(F)C(F)(F)OC(C)(C)C(F)(F)F. The topological polar surface area (TPSA) is 18.5 Å². The average Bonchev–Trinajstić information content (AvgIpc) is 2.24. The van der Waals surface area contributed by atoms with E-state index in [1.165, 1.54) is 13.8 Å². The molecule has 0 unspecified atom stereocenters. The van der Waals surface area contributed by atoms with E-state index in [4.69, 9.17) is 4.74 Å². The van der Waals surface area contributed by atoms with E-state index >= 15 is 0 Å². The zero-order chi connectivity index (χ0) is 19.1. The van der Waals surface area contributed by atoms with Gasteiger partial charge in [-0.2, -0.15) is 30.7 Å². The molecule has 0 aromatic rings. The van der Waals surface area contributed by atoms with Crippen LogP contribution in [0.2, 0.25) is 0 Å². The maximum Gasteiger partial charge on any atom is 0.423 e. The Kier molecular flexibility index (Phi) is 5.91. The molecule has 0 atom stereocenters. The molecule has 0 aromatic heterocycles. The van der Waals surface area contributed by atoms with Gasteiger partial charge in [-0.05, 0) is 48.0 Å². The lowest BCUT2D eigenvalue weighted by Gasteiger charge is -2.44. The molecule has 0 aliphatic carbocycles. The van der Waals surface area contributed by atoms with Crippen LogP contribution < -0.4 is 0 Å². The molecule has 23 heavy (non-hydrogen) atoms. The van der Waals surface area contributed by atoms with Crippen LogP contribution >= 0.6 is 0 Å². The normalized spacial score (nSPS) is 15.9. The molecule has 0 fully saturated rings. The van der Waals surface area contributed by atoms with Crippen LogP contribution in [0.4, 0.5) is 30.7 Å². The van der Waals surface area contributed by atoms with E-state index in [0.29, 0.717) is 13.8 Å². The number of rotatable bonds is 7. The second-order valence-corrected chi connectivity index (χ2v) is 6.93. The summed E-state index contributed by atoms with van der Waals surface area (Å²) in [6.45, 7) is 6.27. The van der Waals surface area contributed by atoms with Gasteiger partial charge in [0, 0.05) is 0 Å². The highest BCUT2D eigenvalue weighted by Gasteiger charge is 2.71. The molecular weight excluding hydrogens is 333 g/mol. The highest BCUT2D eigenvalue weighted by atomic mass is 19.4. The maximum atomic E-state index is 14.2. The number of hydrogen-bond donors (Lipinski definition) is 0. The van der Waals surface area contributed by atoms with Gasteiger partial charge in [-0.1, -0.05) is 6.92 Å². The monoisotopic (exact) mass is 356 g/mol. The molecule has 0 N–H and O–H groups in total. The van der Waals surface area contributed by atoms with Crippen molar-refractivity contribution in [1.29, 1.82) is 0 Å². The van der Waals surface area contributed by atoms with Crippen molar-refractivity contribution in [2.45, 2.75) is 89.9 Å². The molecule has 0 heterocycles. The number of halogens is 7. The molecule has 0 amide bonds. The van der Waals surface area contributed by atoms with E-state index in [-0.39, 0.29) is 20.3 Å². The van der Waals surface area contributed by atoms with E-state index in [1.807, 2.05) is 0 Å². The highest BCUT2D eigenvalue weighted by molar-refractivity contribution is 4.97. The summed E-state index contributed by atoms with van der Waals surface area (Å²) in [5.41, 5.74) is -7.41. The van der Waals surface area contributed by atoms with Gasteiger partial charge in [0.25, 0.3) is 0 Å². The molecule has 140 valence electrons. The third-order valence-electron chi connectivity index (χ3n) is 3.57. The van der Waals surface area contributed by atoms with Crippen LogP contribution in [0.1, 0.15) is 54.9 Å². The van der Waals surface area contributed by atoms with Crippen molar-refractivity contribution in [3.63, 3.8) is 0 Å². The number of ether oxygens (including phenoxy) is 2. The summed E-state index contributed by atoms with van der Waals surface area (Å²) in [4.78, 5) is 0. The summed E-state index contributed by atoms with van der Waals surface area (Å²) in [5, 5.41) is 0. The molecule has 0 saturated heterocycles. The summed E-state index contributed by atoms with van der Waals surface area (Å²) >= 11 is 0. The van der Waals surface area contributed by atoms with Gasteiger partial charge in [0.15, 0.2) is 5.60 Å². The Bertz CT molecular complexity index is 412. The van der Waals surface area contributed by atoms with Gasteiger partial charge in [-0.25, -0.2) is 0 Å². The quantitative estimate of drug-likeness (QED) is 0.556. The zero-order valence-corrected chi connectivity index (χ0v) is 14.2. The zero-order valence-electron chi connectivity index (χ0n) is 14.2. The molecule has 0 aromatic carbocycles. The van der Waals surface area contributed by atoms with Crippen molar-refractivity contribution in [2.75, 3.05) is 0 Å². The minimum atomic E-state index is -5.39. The van der Waals surface area contributed by atoms with Crippen LogP contribution in [-0.2, 0) is 9.47 Å². The third-order valence-corrected chi connectivity index (χ3v) is 3.57. The first-order chi connectivity index (χ1) is 9.72. The van der Waals surface area contributed by atoms with Gasteiger partial charge < -0.3 is 4.74 Å². The minimum Gasteiger partial charge on any atom is -0.363 e. The fourth-order valence-corrected chi connectivity index (χ4v) is 1.62. The molecule has 0 radical (unpaired) electrons. The second kappa shape index (κ2) is 6.06. The predicted octanol–water partition coefficient (Wildman–Crippen LogP) is 5.56. The van der Waals surface area contributed by atoms with Crippen molar-refractivity contribution in [3.05, 3.63) is 0 Å². The van der Waals surface area contributed by atoms with Crippen molar-refractivity contribution in [2.24, 2.45) is 0 Å². The molecule has 0 aliphatic rings. The van der Waals surface area contributed by atoms with E-state index in [0.717, 1.165) is 0 Å². The van der Waals surface area contributed by atoms with Crippen LogP contribution in [0, 0.1) is 0 Å². The summed E-state index contributed by atoms with van der Waals surface area (Å²) in [7, 11) is 0. The van der Waals surface area contributed by atoms with Crippen molar-refractivity contribution < 1.29 is 40.2 Å². The lowest BCUT2D eigenvalue weighted by atomic mass is 9.95. The largest absolute Gasteiger partial charge is 0.423 e. The standard InChI is InChI=1S/C14H23F7O2/c1-8-9(2,3)22-10(4,5)12(15,16)14(20,21)23-11(6,7)13(17,18)19/h8H2,1-7H3. The summed E-state index contributed by atoms with van der Waals surface area (Å²) in [5.74, 6) is -5.01. The Labute approximate surface area is 131 Å². The molecule has 0 rings (SSSR count). The molecular formula is C14H23F7O2. The highest BCUT2D eigenvalue weighted by Crippen LogP contribution is 2.49. The molecule has 0 bridgehead atoms. The molecule has 2 nitrogen and oxygen atoms in total. The van der Waals surface area contributed by atoms with Crippen molar-refractivity contribution >= 4 is 0 Å². The first kappa shape index (κ1) is 22.4. The summed E-state index contributed by atoms with van der Waals surface area (Å²) in [6.07, 6.45) is -10.4. The Balaban J connectivity index is 5.62. The lowest BCUT2D eigenvalue weighted by molar-refractivity contribution is -0.440. The predicted molar refractivity (Wildman–Crippen MR) is 70.6 cm³/mol. The van der Waals surface area contributed by atoms with Crippen LogP contribution in [0.3, 0.4) is 0 Å². The first-order valence-electron chi connectivity index (χ1n) is 6.95.